The Labute approximate surface area is 233 Å². The number of fused-ring (bicyclic) bond motifs is 1. The third-order valence-corrected chi connectivity index (χ3v) is 7.44. The van der Waals surface area contributed by atoms with Gasteiger partial charge in [0.05, 0.1) is 23.6 Å². The number of rotatable bonds is 5. The van der Waals surface area contributed by atoms with Crippen LogP contribution in [0.2, 0.25) is 0 Å². The molecule has 0 saturated heterocycles. The number of hydrogen-bond acceptors (Lipinski definition) is 5. The Hall–Kier alpha value is -4.85. The Morgan fingerprint density at radius 1 is 1.00 bits per heavy atom. The molecule has 0 bridgehead atoms. The van der Waals surface area contributed by atoms with E-state index in [2.05, 4.69) is 47.4 Å². The predicted octanol–water partition coefficient (Wildman–Crippen LogP) is 6.07. The SMILES string of the molecule is CCc1cc(NC(=O)N2CCc3nc(-c4cccnc4)nc(-c4ccccc4C)c3C2)cc(-c2ccnn2C)c1. The second kappa shape index (κ2) is 10.7. The van der Waals surface area contributed by atoms with Crippen LogP contribution in [-0.4, -0.2) is 42.2 Å². The van der Waals surface area contributed by atoms with Gasteiger partial charge in [0.15, 0.2) is 5.82 Å². The van der Waals surface area contributed by atoms with Crippen molar-refractivity contribution in [3.8, 4) is 33.9 Å². The molecule has 0 saturated carbocycles. The number of carbonyl (C=O) groups excluding carboxylic acids is 1. The summed E-state index contributed by atoms with van der Waals surface area (Å²) in [6.45, 7) is 5.20. The lowest BCUT2D eigenvalue weighted by molar-refractivity contribution is 0.206. The van der Waals surface area contributed by atoms with E-state index < -0.39 is 0 Å². The van der Waals surface area contributed by atoms with Crippen molar-refractivity contribution in [3.63, 3.8) is 0 Å². The first kappa shape index (κ1) is 25.4. The number of nitrogens with one attached hydrogen (secondary N) is 1. The lowest BCUT2D eigenvalue weighted by Gasteiger charge is -2.30. The Kier molecular flexibility index (Phi) is 6.82. The lowest BCUT2D eigenvalue weighted by atomic mass is 9.96. The molecule has 1 N–H and O–H groups in total. The van der Waals surface area contributed by atoms with Gasteiger partial charge in [-0.2, -0.15) is 5.10 Å². The van der Waals surface area contributed by atoms with Crippen molar-refractivity contribution in [1.82, 2.24) is 29.6 Å². The minimum Gasteiger partial charge on any atom is -0.320 e. The molecule has 2 aromatic carbocycles. The fourth-order valence-electron chi connectivity index (χ4n) is 5.25. The first-order valence-electron chi connectivity index (χ1n) is 13.5. The summed E-state index contributed by atoms with van der Waals surface area (Å²) in [5.74, 6) is 0.655. The van der Waals surface area contributed by atoms with Crippen LogP contribution >= 0.6 is 0 Å². The Morgan fingerprint density at radius 2 is 1.88 bits per heavy atom. The van der Waals surface area contributed by atoms with E-state index in [1.165, 1.54) is 0 Å². The highest BCUT2D eigenvalue weighted by molar-refractivity contribution is 5.90. The van der Waals surface area contributed by atoms with Crippen LogP contribution in [0.5, 0.6) is 0 Å². The van der Waals surface area contributed by atoms with Crippen LogP contribution < -0.4 is 5.32 Å². The van der Waals surface area contributed by atoms with Gasteiger partial charge in [0.1, 0.15) is 0 Å². The number of urea groups is 1. The van der Waals surface area contributed by atoms with Gasteiger partial charge in [0.25, 0.3) is 0 Å². The van der Waals surface area contributed by atoms with Crippen molar-refractivity contribution in [1.29, 1.82) is 0 Å². The first-order chi connectivity index (χ1) is 19.5. The van der Waals surface area contributed by atoms with Gasteiger partial charge in [0.2, 0.25) is 0 Å². The van der Waals surface area contributed by atoms with E-state index >= 15 is 0 Å². The summed E-state index contributed by atoms with van der Waals surface area (Å²) in [5, 5.41) is 7.46. The third-order valence-electron chi connectivity index (χ3n) is 7.44. The molecular formula is C32H31N7O. The summed E-state index contributed by atoms with van der Waals surface area (Å²) in [4.78, 5) is 29.7. The van der Waals surface area contributed by atoms with E-state index in [0.29, 0.717) is 25.3 Å². The summed E-state index contributed by atoms with van der Waals surface area (Å²) in [6.07, 6.45) is 6.83. The second-order valence-corrected chi connectivity index (χ2v) is 10.1. The zero-order chi connectivity index (χ0) is 27.6. The van der Waals surface area contributed by atoms with Crippen LogP contribution in [0, 0.1) is 6.92 Å². The summed E-state index contributed by atoms with van der Waals surface area (Å²) in [6, 6.07) is 20.1. The van der Waals surface area contributed by atoms with Crippen LogP contribution in [0.4, 0.5) is 10.5 Å². The molecule has 8 nitrogen and oxygen atoms in total. The van der Waals surface area contributed by atoms with Gasteiger partial charge in [-0.05, 0) is 60.9 Å². The van der Waals surface area contributed by atoms with E-state index in [-0.39, 0.29) is 6.03 Å². The summed E-state index contributed by atoms with van der Waals surface area (Å²) >= 11 is 0. The van der Waals surface area contributed by atoms with Crippen molar-refractivity contribution >= 4 is 11.7 Å². The van der Waals surface area contributed by atoms with Gasteiger partial charge in [-0.1, -0.05) is 31.2 Å². The lowest BCUT2D eigenvalue weighted by Crippen LogP contribution is -2.39. The molecule has 4 heterocycles. The number of benzene rings is 2. The van der Waals surface area contributed by atoms with Gasteiger partial charge >= 0.3 is 6.03 Å². The highest BCUT2D eigenvalue weighted by atomic mass is 16.2. The molecule has 0 aliphatic carbocycles. The number of carbonyl (C=O) groups is 1. The maximum atomic E-state index is 13.6. The third kappa shape index (κ3) is 4.96. The monoisotopic (exact) mass is 529 g/mol. The van der Waals surface area contributed by atoms with E-state index in [4.69, 9.17) is 9.97 Å². The molecule has 1 aliphatic rings. The van der Waals surface area contributed by atoms with E-state index in [1.54, 1.807) is 18.6 Å². The minimum absolute atomic E-state index is 0.137. The van der Waals surface area contributed by atoms with Gasteiger partial charge in [-0.25, -0.2) is 14.8 Å². The summed E-state index contributed by atoms with van der Waals surface area (Å²) < 4.78 is 1.84. The number of hydrogen-bond donors (Lipinski definition) is 1. The molecule has 1 aliphatic heterocycles. The number of pyridine rings is 1. The topological polar surface area (TPSA) is 88.8 Å². The highest BCUT2D eigenvalue weighted by Gasteiger charge is 2.27. The van der Waals surface area contributed by atoms with E-state index in [1.807, 2.05) is 59.1 Å². The largest absolute Gasteiger partial charge is 0.322 e. The highest BCUT2D eigenvalue weighted by Crippen LogP contribution is 2.33. The standard InChI is InChI=1S/C32H31N7O/c1-4-22-16-24(29-11-14-34-38(29)3)18-25(17-22)35-32(40)39-15-12-28-27(20-39)30(26-10-6-5-8-21(26)2)37-31(36-28)23-9-7-13-33-19-23/h5-11,13-14,16-19H,4,12,15,20H2,1-3H3,(H,35,40). The Bertz CT molecular complexity index is 1690. The number of aryl methyl sites for hydroxylation is 3. The fraction of sp³-hybridized carbons (Fsp3) is 0.219. The Balaban J connectivity index is 1.33. The number of anilines is 1. The van der Waals surface area contributed by atoms with E-state index in [0.717, 1.165) is 62.6 Å². The van der Waals surface area contributed by atoms with Gasteiger partial charge in [-0.15, -0.1) is 0 Å². The van der Waals surface area contributed by atoms with Crippen LogP contribution in [-0.2, 0) is 26.4 Å². The molecule has 8 heteroatoms. The number of amides is 2. The van der Waals surface area contributed by atoms with Crippen LogP contribution in [0.25, 0.3) is 33.9 Å². The van der Waals surface area contributed by atoms with Crippen molar-refractivity contribution in [2.24, 2.45) is 7.05 Å². The van der Waals surface area contributed by atoms with E-state index in [9.17, 15) is 4.79 Å². The van der Waals surface area contributed by atoms with Crippen LogP contribution in [0.1, 0.15) is 29.3 Å². The van der Waals surface area contributed by atoms with Crippen molar-refractivity contribution < 1.29 is 4.79 Å². The molecule has 0 atom stereocenters. The van der Waals surface area contributed by atoms with Gasteiger partial charge < -0.3 is 10.2 Å². The van der Waals surface area contributed by atoms with Crippen molar-refractivity contribution in [2.75, 3.05) is 11.9 Å². The molecule has 2 amide bonds. The summed E-state index contributed by atoms with van der Waals surface area (Å²) in [5.41, 5.74) is 9.82. The molecular weight excluding hydrogens is 498 g/mol. The molecule has 5 aromatic rings. The number of aromatic nitrogens is 5. The molecule has 6 rings (SSSR count). The smallest absolute Gasteiger partial charge is 0.320 e. The molecule has 0 fully saturated rings. The maximum absolute atomic E-state index is 13.6. The predicted molar refractivity (Wildman–Crippen MR) is 157 cm³/mol. The molecule has 0 unspecified atom stereocenters. The second-order valence-electron chi connectivity index (χ2n) is 10.1. The van der Waals surface area contributed by atoms with Gasteiger partial charge in [0, 0.05) is 66.5 Å². The molecule has 40 heavy (non-hydrogen) atoms. The molecule has 200 valence electrons. The Morgan fingerprint density at radius 3 is 2.62 bits per heavy atom. The fourth-order valence-corrected chi connectivity index (χ4v) is 5.25. The van der Waals surface area contributed by atoms with Crippen LogP contribution in [0.3, 0.4) is 0 Å². The zero-order valence-corrected chi connectivity index (χ0v) is 22.9. The number of nitrogens with zero attached hydrogens (tertiary/aromatic N) is 6. The first-order valence-corrected chi connectivity index (χ1v) is 13.5. The maximum Gasteiger partial charge on any atom is 0.322 e. The average Bonchev–Trinajstić information content (AvgIpc) is 3.42. The molecule has 3 aromatic heterocycles. The molecule has 0 spiro atoms. The zero-order valence-electron chi connectivity index (χ0n) is 22.9. The minimum atomic E-state index is -0.137. The van der Waals surface area contributed by atoms with Crippen molar-refractivity contribution in [2.45, 2.75) is 33.2 Å². The molecule has 0 radical (unpaired) electrons. The summed E-state index contributed by atoms with van der Waals surface area (Å²) in [7, 11) is 1.92. The van der Waals surface area contributed by atoms with Gasteiger partial charge in [-0.3, -0.25) is 9.67 Å². The average molecular weight is 530 g/mol. The van der Waals surface area contributed by atoms with Crippen LogP contribution in [0.15, 0.2) is 79.3 Å². The van der Waals surface area contributed by atoms with Crippen molar-refractivity contribution in [3.05, 3.63) is 102 Å². The normalized spacial score (nSPS) is 12.7. The quantitative estimate of drug-likeness (QED) is 0.299.